The summed E-state index contributed by atoms with van der Waals surface area (Å²) in [6.45, 7) is 2.69. The molecule has 8 heteroatoms. The van der Waals surface area contributed by atoms with Gasteiger partial charge in [0.05, 0.1) is 5.92 Å². The second-order valence-electron chi connectivity index (χ2n) is 5.10. The van der Waals surface area contributed by atoms with Gasteiger partial charge in [0.2, 0.25) is 5.82 Å². The second-order valence-corrected chi connectivity index (χ2v) is 5.10. The van der Waals surface area contributed by atoms with E-state index in [0.717, 1.165) is 0 Å². The molecular weight excluding hydrogens is 313 g/mol. The minimum atomic E-state index is -4.69. The van der Waals surface area contributed by atoms with Gasteiger partial charge in [-0.1, -0.05) is 29.4 Å². The largest absolute Gasteiger partial charge is 0.471 e. The van der Waals surface area contributed by atoms with Crippen molar-refractivity contribution in [2.45, 2.75) is 26.4 Å². The number of carbonyl (C=O) groups is 2. The van der Waals surface area contributed by atoms with E-state index in [0.29, 0.717) is 11.1 Å². The molecule has 0 aliphatic rings. The molecular formula is C15H13F3N2O3. The molecule has 0 amide bonds. The van der Waals surface area contributed by atoms with E-state index >= 15 is 0 Å². The number of Topliss-reactive ketones (excluding diaryl/α,β-unsaturated/α-hetero) is 2. The summed E-state index contributed by atoms with van der Waals surface area (Å²) in [7, 11) is 0. The van der Waals surface area contributed by atoms with Gasteiger partial charge in [0.1, 0.15) is 11.6 Å². The van der Waals surface area contributed by atoms with Crippen LogP contribution >= 0.6 is 0 Å². The number of hydrogen-bond donors (Lipinski definition) is 0. The van der Waals surface area contributed by atoms with E-state index in [9.17, 15) is 22.8 Å². The van der Waals surface area contributed by atoms with Crippen LogP contribution in [0.1, 0.15) is 25.3 Å². The molecule has 0 atom stereocenters. The number of rotatable bonds is 5. The van der Waals surface area contributed by atoms with Crippen molar-refractivity contribution in [1.29, 1.82) is 0 Å². The minimum Gasteiger partial charge on any atom is -0.329 e. The Morgan fingerprint density at radius 1 is 1.13 bits per heavy atom. The van der Waals surface area contributed by atoms with Crippen LogP contribution in [-0.4, -0.2) is 21.7 Å². The average Bonchev–Trinajstić information content (AvgIpc) is 2.94. The van der Waals surface area contributed by atoms with E-state index in [1.165, 1.54) is 26.0 Å². The Kier molecular flexibility index (Phi) is 4.63. The minimum absolute atomic E-state index is 0.182. The predicted molar refractivity (Wildman–Crippen MR) is 73.3 cm³/mol. The highest BCUT2D eigenvalue weighted by atomic mass is 19.4. The van der Waals surface area contributed by atoms with E-state index in [-0.39, 0.29) is 23.8 Å². The number of alkyl halides is 3. The zero-order valence-corrected chi connectivity index (χ0v) is 12.3. The molecule has 1 aromatic carbocycles. The van der Waals surface area contributed by atoms with Crippen molar-refractivity contribution in [3.63, 3.8) is 0 Å². The Bertz CT molecular complexity index is 706. The summed E-state index contributed by atoms with van der Waals surface area (Å²) >= 11 is 0. The van der Waals surface area contributed by atoms with Crippen molar-refractivity contribution in [2.75, 3.05) is 0 Å². The van der Waals surface area contributed by atoms with Crippen LogP contribution in [0.4, 0.5) is 13.2 Å². The maximum atomic E-state index is 12.4. The Balaban J connectivity index is 2.18. The third-order valence-electron chi connectivity index (χ3n) is 3.30. The second kappa shape index (κ2) is 6.31. The Hall–Kier alpha value is -2.51. The first kappa shape index (κ1) is 16.9. The number of carbonyl (C=O) groups excluding carboxylic acids is 2. The molecule has 0 N–H and O–H groups in total. The highest BCUT2D eigenvalue weighted by Crippen LogP contribution is 2.29. The molecule has 5 nitrogen and oxygen atoms in total. The van der Waals surface area contributed by atoms with Gasteiger partial charge in [0.15, 0.2) is 0 Å². The lowest BCUT2D eigenvalue weighted by Gasteiger charge is -2.10. The van der Waals surface area contributed by atoms with Gasteiger partial charge in [-0.3, -0.25) is 9.59 Å². The zero-order valence-electron chi connectivity index (χ0n) is 12.3. The molecule has 0 spiro atoms. The quantitative estimate of drug-likeness (QED) is 0.790. The summed E-state index contributed by atoms with van der Waals surface area (Å²) in [4.78, 5) is 26.1. The fourth-order valence-electron chi connectivity index (χ4n) is 2.06. The van der Waals surface area contributed by atoms with E-state index in [4.69, 9.17) is 0 Å². The van der Waals surface area contributed by atoms with E-state index in [1.54, 1.807) is 12.1 Å². The number of benzene rings is 1. The fourth-order valence-corrected chi connectivity index (χ4v) is 2.06. The molecule has 0 fully saturated rings. The Morgan fingerprint density at radius 3 is 2.13 bits per heavy atom. The molecule has 23 heavy (non-hydrogen) atoms. The van der Waals surface area contributed by atoms with Crippen LogP contribution in [0.15, 0.2) is 28.8 Å². The zero-order chi connectivity index (χ0) is 17.2. The van der Waals surface area contributed by atoms with Crippen molar-refractivity contribution < 1.29 is 27.3 Å². The van der Waals surface area contributed by atoms with Gasteiger partial charge >= 0.3 is 12.1 Å². The van der Waals surface area contributed by atoms with Crippen LogP contribution in [0.5, 0.6) is 0 Å². The van der Waals surface area contributed by atoms with Crippen molar-refractivity contribution in [3.05, 3.63) is 35.7 Å². The molecule has 1 aromatic heterocycles. The lowest BCUT2D eigenvalue weighted by atomic mass is 9.92. The summed E-state index contributed by atoms with van der Waals surface area (Å²) in [5.74, 6) is -2.77. The standard InChI is InChI=1S/C15H13F3N2O3/c1-8(21)12(9(2)22)7-10-3-5-11(6-4-10)13-19-14(23-20-13)15(16,17)18/h3-6,12H,7H2,1-2H3. The van der Waals surface area contributed by atoms with E-state index < -0.39 is 18.0 Å². The van der Waals surface area contributed by atoms with Gasteiger partial charge in [-0.25, -0.2) is 0 Å². The molecule has 0 bridgehead atoms. The van der Waals surface area contributed by atoms with Crippen molar-refractivity contribution >= 4 is 11.6 Å². The van der Waals surface area contributed by atoms with Crippen LogP contribution in [0, 0.1) is 5.92 Å². The Labute approximate surface area is 129 Å². The van der Waals surface area contributed by atoms with Gasteiger partial charge in [-0.05, 0) is 25.8 Å². The predicted octanol–water partition coefficient (Wildman–Crippen LogP) is 3.09. The van der Waals surface area contributed by atoms with E-state index in [1.807, 2.05) is 0 Å². The number of nitrogens with zero attached hydrogens (tertiary/aromatic N) is 2. The first-order valence-electron chi connectivity index (χ1n) is 6.69. The van der Waals surface area contributed by atoms with Crippen LogP contribution in [-0.2, 0) is 22.2 Å². The molecule has 1 heterocycles. The molecule has 0 saturated heterocycles. The van der Waals surface area contributed by atoms with Crippen LogP contribution in [0.3, 0.4) is 0 Å². The topological polar surface area (TPSA) is 73.1 Å². The van der Waals surface area contributed by atoms with Crippen LogP contribution in [0.2, 0.25) is 0 Å². The summed E-state index contributed by atoms with van der Waals surface area (Å²) in [6, 6.07) is 6.24. The average molecular weight is 326 g/mol. The summed E-state index contributed by atoms with van der Waals surface area (Å²) in [5.41, 5.74) is 1.05. The molecule has 0 unspecified atom stereocenters. The van der Waals surface area contributed by atoms with Gasteiger partial charge in [-0.15, -0.1) is 0 Å². The normalized spacial score (nSPS) is 11.7. The SMILES string of the molecule is CC(=O)C(Cc1ccc(-c2noc(C(F)(F)F)n2)cc1)C(C)=O. The third kappa shape index (κ3) is 4.02. The van der Waals surface area contributed by atoms with E-state index in [2.05, 4.69) is 14.7 Å². The smallest absolute Gasteiger partial charge is 0.329 e. The summed E-state index contributed by atoms with van der Waals surface area (Å²) in [6.07, 6.45) is -4.45. The molecule has 0 radical (unpaired) electrons. The third-order valence-corrected chi connectivity index (χ3v) is 3.30. The number of aromatic nitrogens is 2. The van der Waals surface area contributed by atoms with Gasteiger partial charge < -0.3 is 4.52 Å². The molecule has 0 aliphatic carbocycles. The van der Waals surface area contributed by atoms with Crippen molar-refractivity contribution in [3.8, 4) is 11.4 Å². The van der Waals surface area contributed by atoms with Crippen molar-refractivity contribution in [1.82, 2.24) is 10.1 Å². The monoisotopic (exact) mass is 326 g/mol. The van der Waals surface area contributed by atoms with Crippen molar-refractivity contribution in [2.24, 2.45) is 5.92 Å². The summed E-state index contributed by atoms with van der Waals surface area (Å²) < 4.78 is 41.4. The molecule has 0 saturated carbocycles. The highest BCUT2D eigenvalue weighted by Gasteiger charge is 2.38. The van der Waals surface area contributed by atoms with Crippen LogP contribution in [0.25, 0.3) is 11.4 Å². The number of hydrogen-bond acceptors (Lipinski definition) is 5. The Morgan fingerprint density at radius 2 is 1.70 bits per heavy atom. The maximum Gasteiger partial charge on any atom is 0.471 e. The lowest BCUT2D eigenvalue weighted by molar-refractivity contribution is -0.159. The lowest BCUT2D eigenvalue weighted by Crippen LogP contribution is -2.21. The molecule has 2 rings (SSSR count). The number of halogens is 3. The maximum absolute atomic E-state index is 12.4. The first-order valence-corrected chi connectivity index (χ1v) is 6.69. The summed E-state index contributed by atoms with van der Waals surface area (Å²) in [5, 5.41) is 3.29. The molecule has 0 aliphatic heterocycles. The fraction of sp³-hybridized carbons (Fsp3) is 0.333. The highest BCUT2D eigenvalue weighted by molar-refractivity contribution is 6.00. The number of ketones is 2. The molecule has 122 valence electrons. The van der Waals surface area contributed by atoms with Gasteiger partial charge in [-0.2, -0.15) is 18.2 Å². The molecule has 2 aromatic rings. The van der Waals surface area contributed by atoms with Gasteiger partial charge in [0.25, 0.3) is 0 Å². The first-order chi connectivity index (χ1) is 10.7. The van der Waals surface area contributed by atoms with Crippen LogP contribution < -0.4 is 0 Å². The van der Waals surface area contributed by atoms with Gasteiger partial charge in [0, 0.05) is 5.56 Å².